The van der Waals surface area contributed by atoms with Crippen molar-refractivity contribution in [2.75, 3.05) is 6.54 Å². The van der Waals surface area contributed by atoms with Crippen LogP contribution >= 0.6 is 0 Å². The average molecular weight is 485 g/mol. The van der Waals surface area contributed by atoms with Crippen molar-refractivity contribution >= 4 is 0 Å². The van der Waals surface area contributed by atoms with E-state index in [1.165, 1.54) is 31.2 Å². The largest absolute Gasteiger partial charge is 0.330 e. The average Bonchev–Trinajstić information content (AvgIpc) is 3.59. The number of nitrogens with one attached hydrogen (secondary N) is 1. The van der Waals surface area contributed by atoms with E-state index in [-0.39, 0.29) is 0 Å². The molecular formula is C28H36N8. The van der Waals surface area contributed by atoms with Crippen molar-refractivity contribution in [3.05, 3.63) is 65.7 Å². The van der Waals surface area contributed by atoms with E-state index in [0.717, 1.165) is 67.1 Å². The molecule has 0 spiro atoms. The second kappa shape index (κ2) is 11.6. The number of nitrogens with two attached hydrogens (primary N) is 1. The molecule has 0 atom stereocenters. The molecule has 0 aliphatic heterocycles. The van der Waals surface area contributed by atoms with E-state index in [0.29, 0.717) is 17.7 Å². The van der Waals surface area contributed by atoms with Crippen molar-refractivity contribution in [2.45, 2.75) is 64.8 Å². The number of hydrogen-bond acceptors (Lipinski definition) is 6. The molecular weight excluding hydrogens is 448 g/mol. The van der Waals surface area contributed by atoms with E-state index < -0.39 is 0 Å². The van der Waals surface area contributed by atoms with Crippen LogP contribution in [0.2, 0.25) is 0 Å². The summed E-state index contributed by atoms with van der Waals surface area (Å²) in [5.74, 6) is 4.16. The van der Waals surface area contributed by atoms with Crippen LogP contribution in [0.15, 0.2) is 48.5 Å². The highest BCUT2D eigenvalue weighted by molar-refractivity contribution is 5.80. The third-order valence-electron chi connectivity index (χ3n) is 7.44. The second-order valence-electron chi connectivity index (χ2n) is 10.0. The summed E-state index contributed by atoms with van der Waals surface area (Å²) in [6.45, 7) is 3.77. The van der Waals surface area contributed by atoms with Gasteiger partial charge < -0.3 is 5.73 Å². The van der Waals surface area contributed by atoms with Gasteiger partial charge in [0.15, 0.2) is 11.6 Å². The van der Waals surface area contributed by atoms with Gasteiger partial charge in [0.1, 0.15) is 5.82 Å². The van der Waals surface area contributed by atoms with Gasteiger partial charge >= 0.3 is 0 Å². The van der Waals surface area contributed by atoms with Crippen LogP contribution in [-0.4, -0.2) is 41.9 Å². The number of hydrogen-bond donors (Lipinski definition) is 2. The Kier molecular flexibility index (Phi) is 7.81. The molecule has 0 bridgehead atoms. The number of aryl methyl sites for hydroxylation is 1. The van der Waals surface area contributed by atoms with Crippen molar-refractivity contribution in [3.8, 4) is 22.5 Å². The molecule has 8 heteroatoms. The van der Waals surface area contributed by atoms with Gasteiger partial charge in [-0.2, -0.15) is 5.10 Å². The van der Waals surface area contributed by atoms with Crippen LogP contribution < -0.4 is 5.73 Å². The normalized spacial score (nSPS) is 17.9. The Morgan fingerprint density at radius 1 is 0.972 bits per heavy atom. The van der Waals surface area contributed by atoms with Crippen molar-refractivity contribution < 1.29 is 0 Å². The molecule has 1 saturated carbocycles. The van der Waals surface area contributed by atoms with Gasteiger partial charge in [0.05, 0.1) is 6.54 Å². The summed E-state index contributed by atoms with van der Waals surface area (Å²) in [5, 5.41) is 19.4. The number of unbranched alkanes of at least 4 members (excludes halogenated alkanes) is 1. The number of aromatic nitrogens is 7. The Balaban J connectivity index is 1.33. The van der Waals surface area contributed by atoms with Crippen molar-refractivity contribution in [1.29, 1.82) is 0 Å². The number of tetrazole rings is 1. The highest BCUT2D eigenvalue weighted by Crippen LogP contribution is 2.31. The lowest BCUT2D eigenvalue weighted by molar-refractivity contribution is 0.273. The van der Waals surface area contributed by atoms with Gasteiger partial charge in [-0.3, -0.25) is 0 Å². The molecule has 4 aromatic rings. The summed E-state index contributed by atoms with van der Waals surface area (Å²) >= 11 is 0. The molecule has 8 nitrogen and oxygen atoms in total. The number of benzene rings is 2. The van der Waals surface area contributed by atoms with Crippen molar-refractivity contribution in [1.82, 2.24) is 35.4 Å². The van der Waals surface area contributed by atoms with E-state index in [1.807, 2.05) is 18.2 Å². The van der Waals surface area contributed by atoms with E-state index >= 15 is 0 Å². The van der Waals surface area contributed by atoms with Crippen LogP contribution in [0.25, 0.3) is 22.5 Å². The first-order chi connectivity index (χ1) is 17.7. The quantitative estimate of drug-likeness (QED) is 0.334. The van der Waals surface area contributed by atoms with E-state index in [2.05, 4.69) is 62.6 Å². The molecule has 188 valence electrons. The number of rotatable bonds is 10. The predicted octanol–water partition coefficient (Wildman–Crippen LogP) is 4.82. The fourth-order valence-electron chi connectivity index (χ4n) is 5.25. The summed E-state index contributed by atoms with van der Waals surface area (Å²) in [4.78, 5) is 4.99. The SMILES string of the molecule is CCCCc1nc(CC2CCC(CN)CC2)n(Cc2ccc(-c3ccccc3-c3nnn[nH]3)cc2)n1. The summed E-state index contributed by atoms with van der Waals surface area (Å²) in [6.07, 6.45) is 9.20. The third-order valence-corrected chi connectivity index (χ3v) is 7.44. The first-order valence-corrected chi connectivity index (χ1v) is 13.3. The van der Waals surface area contributed by atoms with Crippen LogP contribution in [0.5, 0.6) is 0 Å². The molecule has 0 radical (unpaired) electrons. The fourth-order valence-corrected chi connectivity index (χ4v) is 5.25. The molecule has 2 heterocycles. The zero-order valence-electron chi connectivity index (χ0n) is 21.1. The summed E-state index contributed by atoms with van der Waals surface area (Å²) in [7, 11) is 0. The van der Waals surface area contributed by atoms with Gasteiger partial charge in [-0.1, -0.05) is 61.9 Å². The summed E-state index contributed by atoms with van der Waals surface area (Å²) in [6, 6.07) is 16.9. The lowest BCUT2D eigenvalue weighted by Gasteiger charge is -2.27. The Labute approximate surface area is 212 Å². The lowest BCUT2D eigenvalue weighted by atomic mass is 9.80. The van der Waals surface area contributed by atoms with E-state index in [9.17, 15) is 0 Å². The molecule has 36 heavy (non-hydrogen) atoms. The molecule has 2 aromatic carbocycles. The van der Waals surface area contributed by atoms with Crippen molar-refractivity contribution in [2.24, 2.45) is 17.6 Å². The standard InChI is InChI=1S/C28H36N8/c1-2-3-8-26-30-27(17-20-9-11-21(18-29)12-10-20)36(33-26)19-22-13-15-23(16-14-22)24-6-4-5-7-25(24)28-31-34-35-32-28/h4-7,13-16,20-21H,2-3,8-12,17-19,29H2,1H3,(H,31,32,34,35). The minimum atomic E-state index is 0.669. The molecule has 1 fully saturated rings. The van der Waals surface area contributed by atoms with Crippen LogP contribution in [0.1, 0.15) is 62.7 Å². The lowest BCUT2D eigenvalue weighted by Crippen LogP contribution is -2.23. The minimum Gasteiger partial charge on any atom is -0.330 e. The monoisotopic (exact) mass is 484 g/mol. The molecule has 0 unspecified atom stereocenters. The molecule has 1 aliphatic carbocycles. The smallest absolute Gasteiger partial charge is 0.180 e. The minimum absolute atomic E-state index is 0.669. The van der Waals surface area contributed by atoms with Gasteiger partial charge in [-0.15, -0.1) is 5.10 Å². The number of H-pyrrole nitrogens is 1. The highest BCUT2D eigenvalue weighted by atomic mass is 15.5. The van der Waals surface area contributed by atoms with Crippen LogP contribution in [0, 0.1) is 11.8 Å². The Morgan fingerprint density at radius 3 is 2.42 bits per heavy atom. The first kappa shape index (κ1) is 24.3. The summed E-state index contributed by atoms with van der Waals surface area (Å²) in [5.41, 5.74) is 10.3. The zero-order valence-corrected chi connectivity index (χ0v) is 21.1. The van der Waals surface area contributed by atoms with Crippen molar-refractivity contribution in [3.63, 3.8) is 0 Å². The molecule has 3 N–H and O–H groups in total. The molecule has 5 rings (SSSR count). The van der Waals surface area contributed by atoms with Crippen LogP contribution in [-0.2, 0) is 19.4 Å². The Bertz CT molecular complexity index is 1220. The van der Waals surface area contributed by atoms with Gasteiger partial charge in [-0.25, -0.2) is 14.8 Å². The molecule has 1 aliphatic rings. The zero-order chi connectivity index (χ0) is 24.7. The topological polar surface area (TPSA) is 111 Å². The second-order valence-corrected chi connectivity index (χ2v) is 10.0. The molecule has 2 aromatic heterocycles. The maximum Gasteiger partial charge on any atom is 0.180 e. The molecule has 0 saturated heterocycles. The number of aromatic amines is 1. The Hall–Kier alpha value is -3.39. The van der Waals surface area contributed by atoms with Gasteiger partial charge in [0.25, 0.3) is 0 Å². The van der Waals surface area contributed by atoms with Crippen LogP contribution in [0.3, 0.4) is 0 Å². The van der Waals surface area contributed by atoms with E-state index in [4.69, 9.17) is 15.8 Å². The maximum absolute atomic E-state index is 5.91. The third kappa shape index (κ3) is 5.70. The number of nitrogens with zero attached hydrogens (tertiary/aromatic N) is 6. The fraction of sp³-hybridized carbons (Fsp3) is 0.464. The van der Waals surface area contributed by atoms with Crippen LogP contribution in [0.4, 0.5) is 0 Å². The maximum atomic E-state index is 5.91. The Morgan fingerprint density at radius 2 is 1.72 bits per heavy atom. The van der Waals surface area contributed by atoms with Gasteiger partial charge in [0, 0.05) is 18.4 Å². The highest BCUT2D eigenvalue weighted by Gasteiger charge is 2.23. The van der Waals surface area contributed by atoms with E-state index in [1.54, 1.807) is 0 Å². The summed E-state index contributed by atoms with van der Waals surface area (Å²) < 4.78 is 2.14. The predicted molar refractivity (Wildman–Crippen MR) is 141 cm³/mol. The first-order valence-electron chi connectivity index (χ1n) is 13.3. The molecule has 0 amide bonds. The van der Waals surface area contributed by atoms with Gasteiger partial charge in [-0.05, 0) is 77.6 Å². The van der Waals surface area contributed by atoms with Gasteiger partial charge in [0.2, 0.25) is 0 Å².